The second kappa shape index (κ2) is 11.5. The molecule has 0 fully saturated rings. The molecule has 0 amide bonds. The molecule has 114 valence electrons. The Kier molecular flexibility index (Phi) is 11.3. The Bertz CT molecular complexity index is 220. The lowest BCUT2D eigenvalue weighted by Crippen LogP contribution is -2.09. The number of ketones is 1. The number of unbranched alkanes of at least 4 members (excludes halogenated alkanes) is 2. The second-order valence-corrected chi connectivity index (χ2v) is 6.80. The summed E-state index contributed by atoms with van der Waals surface area (Å²) in [5, 5.41) is 0. The van der Waals surface area contributed by atoms with Gasteiger partial charge in [-0.2, -0.15) is 0 Å². The molecule has 0 aromatic carbocycles. The van der Waals surface area contributed by atoms with Crippen LogP contribution in [0.2, 0.25) is 0 Å². The van der Waals surface area contributed by atoms with E-state index in [1.165, 1.54) is 44.9 Å². The van der Waals surface area contributed by atoms with Crippen LogP contribution in [0, 0.1) is 17.8 Å². The Morgan fingerprint density at radius 3 is 1.84 bits per heavy atom. The smallest absolute Gasteiger partial charge is 0.135 e. The highest BCUT2D eigenvalue weighted by Crippen LogP contribution is 2.20. The number of carbonyl (C=O) groups is 1. The van der Waals surface area contributed by atoms with Gasteiger partial charge in [-0.25, -0.2) is 0 Å². The molecular weight excluding hydrogens is 232 g/mol. The molecule has 0 bridgehead atoms. The first-order chi connectivity index (χ1) is 8.97. The number of hydrogen-bond acceptors (Lipinski definition) is 1. The van der Waals surface area contributed by atoms with Gasteiger partial charge >= 0.3 is 0 Å². The van der Waals surface area contributed by atoms with Gasteiger partial charge in [-0.3, -0.25) is 4.79 Å². The fourth-order valence-corrected chi connectivity index (χ4v) is 2.52. The van der Waals surface area contributed by atoms with Crippen molar-refractivity contribution in [2.45, 2.75) is 92.4 Å². The van der Waals surface area contributed by atoms with E-state index in [1.807, 2.05) is 13.8 Å². The van der Waals surface area contributed by atoms with Gasteiger partial charge in [0.1, 0.15) is 5.78 Å². The SMILES string of the molecule is CCCCCC(C)CCCC(C)CCC(=O)C(C)C. The standard InChI is InChI=1S/C18H36O/c1-6-7-8-10-16(4)11-9-12-17(5)13-14-18(19)15(2)3/h15-17H,6-14H2,1-5H3. The van der Waals surface area contributed by atoms with Crippen LogP contribution in [0.3, 0.4) is 0 Å². The Hall–Kier alpha value is -0.330. The molecule has 0 N–H and O–H groups in total. The van der Waals surface area contributed by atoms with E-state index in [9.17, 15) is 4.79 Å². The van der Waals surface area contributed by atoms with Gasteiger partial charge in [-0.05, 0) is 18.3 Å². The van der Waals surface area contributed by atoms with E-state index in [2.05, 4.69) is 20.8 Å². The minimum absolute atomic E-state index is 0.214. The molecule has 19 heavy (non-hydrogen) atoms. The first-order valence-electron chi connectivity index (χ1n) is 8.50. The summed E-state index contributed by atoms with van der Waals surface area (Å²) in [6.45, 7) is 11.0. The first-order valence-corrected chi connectivity index (χ1v) is 8.50. The summed E-state index contributed by atoms with van der Waals surface area (Å²) in [6, 6.07) is 0. The van der Waals surface area contributed by atoms with Crippen LogP contribution in [-0.2, 0) is 4.79 Å². The lowest BCUT2D eigenvalue weighted by atomic mass is 9.91. The van der Waals surface area contributed by atoms with Gasteiger partial charge in [0.2, 0.25) is 0 Å². The van der Waals surface area contributed by atoms with Crippen LogP contribution < -0.4 is 0 Å². The Morgan fingerprint density at radius 1 is 0.789 bits per heavy atom. The summed E-state index contributed by atoms with van der Waals surface area (Å²) in [7, 11) is 0. The van der Waals surface area contributed by atoms with Crippen molar-refractivity contribution in [1.29, 1.82) is 0 Å². The molecule has 0 rings (SSSR count). The third-order valence-electron chi connectivity index (χ3n) is 4.22. The van der Waals surface area contributed by atoms with Crippen molar-refractivity contribution >= 4 is 5.78 Å². The van der Waals surface area contributed by atoms with Crippen molar-refractivity contribution < 1.29 is 4.79 Å². The molecule has 0 aliphatic rings. The molecule has 0 heterocycles. The van der Waals surface area contributed by atoms with Gasteiger partial charge in [-0.1, -0.05) is 79.6 Å². The normalized spacial score (nSPS) is 14.6. The number of rotatable bonds is 12. The molecule has 0 spiro atoms. The van der Waals surface area contributed by atoms with Crippen LogP contribution in [0.25, 0.3) is 0 Å². The van der Waals surface area contributed by atoms with Crippen LogP contribution in [-0.4, -0.2) is 5.78 Å². The van der Waals surface area contributed by atoms with E-state index in [4.69, 9.17) is 0 Å². The number of Topliss-reactive ketones (excluding diaryl/α,β-unsaturated/α-hetero) is 1. The molecule has 0 saturated carbocycles. The number of hydrogen-bond donors (Lipinski definition) is 0. The van der Waals surface area contributed by atoms with Gasteiger partial charge in [-0.15, -0.1) is 0 Å². The highest BCUT2D eigenvalue weighted by atomic mass is 16.1. The molecule has 1 heteroatoms. The van der Waals surface area contributed by atoms with E-state index in [-0.39, 0.29) is 5.92 Å². The predicted molar refractivity (Wildman–Crippen MR) is 85.4 cm³/mol. The van der Waals surface area contributed by atoms with E-state index >= 15 is 0 Å². The van der Waals surface area contributed by atoms with E-state index in [0.29, 0.717) is 11.7 Å². The van der Waals surface area contributed by atoms with Crippen molar-refractivity contribution in [1.82, 2.24) is 0 Å². The summed E-state index contributed by atoms with van der Waals surface area (Å²) in [5.74, 6) is 2.24. The zero-order chi connectivity index (χ0) is 14.7. The lowest BCUT2D eigenvalue weighted by Gasteiger charge is -2.14. The van der Waals surface area contributed by atoms with Crippen molar-refractivity contribution in [3.8, 4) is 0 Å². The fraction of sp³-hybridized carbons (Fsp3) is 0.944. The molecule has 2 unspecified atom stereocenters. The summed E-state index contributed by atoms with van der Waals surface area (Å²) >= 11 is 0. The molecule has 0 aliphatic heterocycles. The van der Waals surface area contributed by atoms with E-state index in [1.54, 1.807) is 0 Å². The molecule has 2 atom stereocenters. The zero-order valence-electron chi connectivity index (χ0n) is 14.0. The highest BCUT2D eigenvalue weighted by Gasteiger charge is 2.10. The van der Waals surface area contributed by atoms with Crippen LogP contribution >= 0.6 is 0 Å². The largest absolute Gasteiger partial charge is 0.299 e. The van der Waals surface area contributed by atoms with Crippen LogP contribution in [0.4, 0.5) is 0 Å². The summed E-state index contributed by atoms with van der Waals surface area (Å²) in [6.07, 6.45) is 11.4. The molecule has 0 aromatic rings. The molecule has 0 aliphatic carbocycles. The Labute approximate surface area is 121 Å². The maximum Gasteiger partial charge on any atom is 0.135 e. The minimum Gasteiger partial charge on any atom is -0.299 e. The van der Waals surface area contributed by atoms with Gasteiger partial charge < -0.3 is 0 Å². The molecule has 0 radical (unpaired) electrons. The Balaban J connectivity index is 3.51. The van der Waals surface area contributed by atoms with Crippen LogP contribution in [0.15, 0.2) is 0 Å². The quantitative estimate of drug-likeness (QED) is 0.396. The molecular formula is C18H36O. The third kappa shape index (κ3) is 11.2. The predicted octanol–water partition coefficient (Wildman–Crippen LogP) is 6.01. The second-order valence-electron chi connectivity index (χ2n) is 6.80. The minimum atomic E-state index is 0.214. The topological polar surface area (TPSA) is 17.1 Å². The van der Waals surface area contributed by atoms with Crippen molar-refractivity contribution in [3.05, 3.63) is 0 Å². The van der Waals surface area contributed by atoms with Crippen molar-refractivity contribution in [2.75, 3.05) is 0 Å². The third-order valence-corrected chi connectivity index (χ3v) is 4.22. The lowest BCUT2D eigenvalue weighted by molar-refractivity contribution is -0.122. The highest BCUT2D eigenvalue weighted by molar-refractivity contribution is 5.80. The Morgan fingerprint density at radius 2 is 1.32 bits per heavy atom. The molecule has 1 nitrogen and oxygen atoms in total. The van der Waals surface area contributed by atoms with Gasteiger partial charge in [0.15, 0.2) is 0 Å². The van der Waals surface area contributed by atoms with E-state index < -0.39 is 0 Å². The van der Waals surface area contributed by atoms with E-state index in [0.717, 1.165) is 18.8 Å². The average Bonchev–Trinajstić information content (AvgIpc) is 2.36. The maximum atomic E-state index is 11.6. The number of carbonyl (C=O) groups excluding carboxylic acids is 1. The van der Waals surface area contributed by atoms with Gasteiger partial charge in [0.25, 0.3) is 0 Å². The zero-order valence-corrected chi connectivity index (χ0v) is 14.0. The maximum absolute atomic E-state index is 11.6. The summed E-state index contributed by atoms with van der Waals surface area (Å²) < 4.78 is 0. The molecule has 0 saturated heterocycles. The van der Waals surface area contributed by atoms with Gasteiger partial charge in [0, 0.05) is 12.3 Å². The summed E-state index contributed by atoms with van der Waals surface area (Å²) in [4.78, 5) is 11.6. The van der Waals surface area contributed by atoms with Crippen molar-refractivity contribution in [2.24, 2.45) is 17.8 Å². The van der Waals surface area contributed by atoms with Crippen molar-refractivity contribution in [3.63, 3.8) is 0 Å². The average molecular weight is 268 g/mol. The van der Waals surface area contributed by atoms with Gasteiger partial charge in [0.05, 0.1) is 0 Å². The monoisotopic (exact) mass is 268 g/mol. The summed E-state index contributed by atoms with van der Waals surface area (Å²) in [5.41, 5.74) is 0. The molecule has 0 aromatic heterocycles. The van der Waals surface area contributed by atoms with Crippen LogP contribution in [0.5, 0.6) is 0 Å². The fourth-order valence-electron chi connectivity index (χ4n) is 2.52. The van der Waals surface area contributed by atoms with Crippen LogP contribution in [0.1, 0.15) is 92.4 Å². The first kappa shape index (κ1) is 18.7.